The Kier molecular flexibility index (Phi) is 1.97. The maximum atomic E-state index is 8.68. The minimum absolute atomic E-state index is 0.472. The molecule has 4 nitrogen and oxygen atoms in total. The second kappa shape index (κ2) is 3.46. The summed E-state index contributed by atoms with van der Waals surface area (Å²) in [7, 11) is 0. The number of hydrogen-bond acceptors (Lipinski definition) is 4. The van der Waals surface area contributed by atoms with Gasteiger partial charge in [0.2, 0.25) is 11.8 Å². The van der Waals surface area contributed by atoms with Crippen molar-refractivity contribution in [1.29, 1.82) is 5.26 Å². The fraction of sp³-hybridized carbons (Fsp3) is 0.250. The van der Waals surface area contributed by atoms with Crippen LogP contribution in [-0.4, -0.2) is 10.2 Å². The highest BCUT2D eigenvalue weighted by atomic mass is 16.4. The van der Waals surface area contributed by atoms with Gasteiger partial charge in [-0.1, -0.05) is 0 Å². The van der Waals surface area contributed by atoms with Crippen molar-refractivity contribution in [3.8, 4) is 17.5 Å². The number of hydrogen-bond donors (Lipinski definition) is 0. The Balaban J connectivity index is 1.92. The highest BCUT2D eigenvalue weighted by Gasteiger charge is 2.29. The summed E-state index contributed by atoms with van der Waals surface area (Å²) in [6, 6.07) is 9.21. The van der Waals surface area contributed by atoms with Gasteiger partial charge in [0.05, 0.1) is 11.6 Å². The molecule has 2 aromatic rings. The predicted molar refractivity (Wildman–Crippen MR) is 56.4 cm³/mol. The van der Waals surface area contributed by atoms with E-state index in [0.717, 1.165) is 24.3 Å². The summed E-state index contributed by atoms with van der Waals surface area (Å²) in [6.07, 6.45) is 2.30. The van der Waals surface area contributed by atoms with Gasteiger partial charge in [-0.15, -0.1) is 10.2 Å². The molecule has 78 valence electrons. The van der Waals surface area contributed by atoms with Gasteiger partial charge in [0, 0.05) is 11.5 Å². The minimum atomic E-state index is 0.472. The lowest BCUT2D eigenvalue weighted by Gasteiger charge is -1.93. The molecule has 0 unspecified atom stereocenters. The van der Waals surface area contributed by atoms with Crippen molar-refractivity contribution in [2.45, 2.75) is 18.8 Å². The average molecular weight is 211 g/mol. The zero-order valence-electron chi connectivity index (χ0n) is 8.55. The molecule has 1 aromatic carbocycles. The summed E-state index contributed by atoms with van der Waals surface area (Å²) in [5.74, 6) is 1.74. The van der Waals surface area contributed by atoms with Crippen molar-refractivity contribution >= 4 is 0 Å². The average Bonchev–Trinajstić information content (AvgIpc) is 3.08. The first-order chi connectivity index (χ1) is 7.86. The second-order valence-corrected chi connectivity index (χ2v) is 3.91. The van der Waals surface area contributed by atoms with E-state index in [1.165, 1.54) is 0 Å². The Morgan fingerprint density at radius 2 is 1.94 bits per heavy atom. The third-order valence-corrected chi connectivity index (χ3v) is 2.63. The third-order valence-electron chi connectivity index (χ3n) is 2.63. The van der Waals surface area contributed by atoms with Crippen LogP contribution in [0.2, 0.25) is 0 Å². The van der Waals surface area contributed by atoms with Gasteiger partial charge in [-0.2, -0.15) is 5.26 Å². The molecule has 1 fully saturated rings. The first-order valence-electron chi connectivity index (χ1n) is 5.21. The van der Waals surface area contributed by atoms with E-state index in [4.69, 9.17) is 9.68 Å². The molecule has 0 aliphatic heterocycles. The maximum Gasteiger partial charge on any atom is 0.247 e. The molecule has 3 rings (SSSR count). The van der Waals surface area contributed by atoms with E-state index in [0.29, 0.717) is 17.4 Å². The summed E-state index contributed by atoms with van der Waals surface area (Å²) in [5, 5.41) is 16.7. The molecular formula is C12H9N3O. The van der Waals surface area contributed by atoms with Crippen molar-refractivity contribution in [3.63, 3.8) is 0 Å². The largest absolute Gasteiger partial charge is 0.420 e. The normalized spacial score (nSPS) is 14.7. The Morgan fingerprint density at radius 1 is 1.19 bits per heavy atom. The first kappa shape index (κ1) is 9.10. The van der Waals surface area contributed by atoms with Crippen molar-refractivity contribution in [2.24, 2.45) is 0 Å². The van der Waals surface area contributed by atoms with Crippen LogP contribution in [0.15, 0.2) is 28.7 Å². The van der Waals surface area contributed by atoms with E-state index in [2.05, 4.69) is 16.3 Å². The number of rotatable bonds is 2. The summed E-state index contributed by atoms with van der Waals surface area (Å²) in [4.78, 5) is 0. The quantitative estimate of drug-likeness (QED) is 0.765. The van der Waals surface area contributed by atoms with Crippen LogP contribution in [0.25, 0.3) is 11.5 Å². The zero-order chi connectivity index (χ0) is 11.0. The fourth-order valence-corrected chi connectivity index (χ4v) is 1.53. The lowest BCUT2D eigenvalue weighted by Crippen LogP contribution is -1.78. The summed E-state index contributed by atoms with van der Waals surface area (Å²) >= 11 is 0. The van der Waals surface area contributed by atoms with Gasteiger partial charge in [-0.3, -0.25) is 0 Å². The van der Waals surface area contributed by atoms with Crippen molar-refractivity contribution in [1.82, 2.24) is 10.2 Å². The van der Waals surface area contributed by atoms with Crippen LogP contribution in [0.1, 0.15) is 30.2 Å². The highest BCUT2D eigenvalue weighted by Crippen LogP contribution is 2.39. The predicted octanol–water partition coefficient (Wildman–Crippen LogP) is 2.49. The summed E-state index contributed by atoms with van der Waals surface area (Å²) in [5.41, 5.74) is 1.49. The van der Waals surface area contributed by atoms with Crippen LogP contribution in [0, 0.1) is 11.3 Å². The Labute approximate surface area is 92.5 Å². The number of benzene rings is 1. The van der Waals surface area contributed by atoms with E-state index in [1.54, 1.807) is 12.1 Å². The Bertz CT molecular complexity index is 546. The van der Waals surface area contributed by atoms with Crippen molar-refractivity contribution < 1.29 is 4.42 Å². The lowest BCUT2D eigenvalue weighted by molar-refractivity contribution is 0.508. The second-order valence-electron chi connectivity index (χ2n) is 3.91. The molecule has 1 aliphatic carbocycles. The molecule has 0 bridgehead atoms. The summed E-state index contributed by atoms with van der Waals surface area (Å²) in [6.45, 7) is 0. The molecule has 0 radical (unpaired) electrons. The molecule has 1 aromatic heterocycles. The van der Waals surface area contributed by atoms with Crippen molar-refractivity contribution in [2.75, 3.05) is 0 Å². The number of aromatic nitrogens is 2. The van der Waals surface area contributed by atoms with Crippen LogP contribution < -0.4 is 0 Å². The van der Waals surface area contributed by atoms with E-state index < -0.39 is 0 Å². The maximum absolute atomic E-state index is 8.68. The highest BCUT2D eigenvalue weighted by molar-refractivity contribution is 5.54. The van der Waals surface area contributed by atoms with Gasteiger partial charge in [-0.05, 0) is 37.1 Å². The van der Waals surface area contributed by atoms with Gasteiger partial charge in [0.15, 0.2) is 0 Å². The summed E-state index contributed by atoms with van der Waals surface area (Å²) < 4.78 is 5.56. The number of nitriles is 1. The van der Waals surface area contributed by atoms with E-state index >= 15 is 0 Å². The van der Waals surface area contributed by atoms with E-state index in [1.807, 2.05) is 12.1 Å². The molecule has 0 N–H and O–H groups in total. The van der Waals surface area contributed by atoms with Crippen LogP contribution in [-0.2, 0) is 0 Å². The lowest BCUT2D eigenvalue weighted by atomic mass is 10.1. The first-order valence-corrected chi connectivity index (χ1v) is 5.21. The molecule has 0 saturated heterocycles. The molecule has 1 aliphatic rings. The monoisotopic (exact) mass is 211 g/mol. The molecule has 0 spiro atoms. The zero-order valence-corrected chi connectivity index (χ0v) is 8.55. The van der Waals surface area contributed by atoms with Crippen LogP contribution in [0.5, 0.6) is 0 Å². The molecule has 1 saturated carbocycles. The van der Waals surface area contributed by atoms with Crippen LogP contribution >= 0.6 is 0 Å². The molecule has 1 heterocycles. The fourth-order valence-electron chi connectivity index (χ4n) is 1.53. The molecule has 0 amide bonds. The van der Waals surface area contributed by atoms with Gasteiger partial charge in [0.25, 0.3) is 0 Å². The number of nitrogens with zero attached hydrogens (tertiary/aromatic N) is 3. The SMILES string of the molecule is N#Cc1ccc(-c2nnc(C3CC3)o2)cc1. The van der Waals surface area contributed by atoms with Gasteiger partial charge < -0.3 is 4.42 Å². The van der Waals surface area contributed by atoms with E-state index in [9.17, 15) is 0 Å². The van der Waals surface area contributed by atoms with Gasteiger partial charge >= 0.3 is 0 Å². The van der Waals surface area contributed by atoms with Gasteiger partial charge in [-0.25, -0.2) is 0 Å². The smallest absolute Gasteiger partial charge is 0.247 e. The van der Waals surface area contributed by atoms with Gasteiger partial charge in [0.1, 0.15) is 0 Å². The van der Waals surface area contributed by atoms with E-state index in [-0.39, 0.29) is 0 Å². The minimum Gasteiger partial charge on any atom is -0.420 e. The molecule has 4 heteroatoms. The molecule has 16 heavy (non-hydrogen) atoms. The standard InChI is InChI=1S/C12H9N3O/c13-7-8-1-3-9(4-2-8)11-14-15-12(16-11)10-5-6-10/h1-4,10H,5-6H2. The van der Waals surface area contributed by atoms with Crippen molar-refractivity contribution in [3.05, 3.63) is 35.7 Å². The van der Waals surface area contributed by atoms with Crippen LogP contribution in [0.3, 0.4) is 0 Å². The molecule has 0 atom stereocenters. The Morgan fingerprint density at radius 3 is 2.56 bits per heavy atom. The molecular weight excluding hydrogens is 202 g/mol. The topological polar surface area (TPSA) is 62.7 Å². The third kappa shape index (κ3) is 1.57. The van der Waals surface area contributed by atoms with Crippen LogP contribution in [0.4, 0.5) is 0 Å². The Hall–Kier alpha value is -2.15.